The largest absolute Gasteiger partial charge is 0.341 e. The minimum absolute atomic E-state index is 0.118. The fourth-order valence-corrected chi connectivity index (χ4v) is 6.55. The number of anilines is 1. The highest BCUT2D eigenvalue weighted by atomic mass is 32.2. The Morgan fingerprint density at radius 2 is 1.91 bits per heavy atom. The molecule has 0 aromatic heterocycles. The van der Waals surface area contributed by atoms with Crippen molar-refractivity contribution in [2.75, 3.05) is 25.0 Å². The zero-order valence-corrected chi connectivity index (χ0v) is 19.9. The van der Waals surface area contributed by atoms with E-state index in [0.717, 1.165) is 44.9 Å². The lowest BCUT2D eigenvalue weighted by Gasteiger charge is -2.28. The topological polar surface area (TPSA) is 95.6 Å². The molecule has 0 spiro atoms. The van der Waals surface area contributed by atoms with Crippen molar-refractivity contribution in [2.24, 2.45) is 0 Å². The number of thioether (sulfide) groups is 1. The van der Waals surface area contributed by atoms with Gasteiger partial charge in [0.05, 0.1) is 10.6 Å². The van der Waals surface area contributed by atoms with Crippen LogP contribution in [0.4, 0.5) is 5.69 Å². The minimum atomic E-state index is -3.68. The smallest absolute Gasteiger partial charge is 0.247 e. The highest BCUT2D eigenvalue weighted by Crippen LogP contribution is 2.38. The van der Waals surface area contributed by atoms with E-state index in [0.29, 0.717) is 30.2 Å². The molecule has 1 saturated heterocycles. The van der Waals surface area contributed by atoms with Gasteiger partial charge >= 0.3 is 0 Å². The van der Waals surface area contributed by atoms with Crippen molar-refractivity contribution in [1.82, 2.24) is 9.62 Å². The van der Waals surface area contributed by atoms with E-state index >= 15 is 0 Å². The number of hydrogen-bond acceptors (Lipinski definition) is 5. The van der Waals surface area contributed by atoms with Gasteiger partial charge < -0.3 is 10.2 Å². The number of sulfonamides is 1. The molecule has 4 rings (SSSR count). The third kappa shape index (κ3) is 5.55. The van der Waals surface area contributed by atoms with E-state index in [1.54, 1.807) is 17.0 Å². The Kier molecular flexibility index (Phi) is 7.58. The summed E-state index contributed by atoms with van der Waals surface area (Å²) in [4.78, 5) is 28.2. The molecule has 9 heteroatoms. The first-order valence-corrected chi connectivity index (χ1v) is 13.9. The van der Waals surface area contributed by atoms with E-state index in [9.17, 15) is 18.0 Å². The van der Waals surface area contributed by atoms with Crippen LogP contribution in [0.2, 0.25) is 0 Å². The summed E-state index contributed by atoms with van der Waals surface area (Å²) in [6.45, 7) is 1.74. The second kappa shape index (κ2) is 10.4. The third-order valence-electron chi connectivity index (χ3n) is 6.27. The monoisotopic (exact) mass is 477 g/mol. The summed E-state index contributed by atoms with van der Waals surface area (Å²) in [5, 5.41) is 1.93. The van der Waals surface area contributed by atoms with E-state index < -0.39 is 15.3 Å². The quantitative estimate of drug-likeness (QED) is 0.481. The van der Waals surface area contributed by atoms with Crippen LogP contribution in [0.1, 0.15) is 57.8 Å². The van der Waals surface area contributed by atoms with Crippen LogP contribution in [0.25, 0.3) is 0 Å². The van der Waals surface area contributed by atoms with Gasteiger partial charge in [-0.3, -0.25) is 9.59 Å². The Morgan fingerprint density at radius 3 is 2.62 bits per heavy atom. The van der Waals surface area contributed by atoms with Gasteiger partial charge in [0.25, 0.3) is 0 Å². The molecule has 0 bridgehead atoms. The van der Waals surface area contributed by atoms with Crippen LogP contribution in [-0.4, -0.2) is 50.0 Å². The summed E-state index contributed by atoms with van der Waals surface area (Å²) in [6, 6.07) is 4.70. The average Bonchev–Trinajstić information content (AvgIpc) is 3.08. The first-order valence-electron chi connectivity index (χ1n) is 11.5. The van der Waals surface area contributed by atoms with Crippen LogP contribution in [0.5, 0.6) is 0 Å². The molecule has 1 aromatic rings. The molecular weight excluding hydrogens is 446 g/mol. The normalized spacial score (nSPS) is 21.9. The average molecular weight is 478 g/mol. The maximum Gasteiger partial charge on any atom is 0.247 e. The van der Waals surface area contributed by atoms with Crippen LogP contribution in [-0.2, 0) is 19.6 Å². The van der Waals surface area contributed by atoms with Gasteiger partial charge in [0.15, 0.2) is 5.25 Å². The Hall–Kier alpha value is -1.84. The van der Waals surface area contributed by atoms with Gasteiger partial charge in [-0.15, -0.1) is 11.8 Å². The van der Waals surface area contributed by atoms with Crippen molar-refractivity contribution in [1.29, 1.82) is 0 Å². The standard InChI is InChI=1S/C23H31N3O4S2/c27-22-21(23(28)26-14-6-1-2-7-15-26)31-20-11-10-18(16-19(20)25-22)32(29,30)24-13-12-17-8-4-3-5-9-17/h8,10-11,16,21,24H,1-7,9,12-15H2,(H,25,27)/t21-/m0/s1. The number of carbonyl (C=O) groups excluding carboxylic acids is 2. The van der Waals surface area contributed by atoms with Gasteiger partial charge in [-0.25, -0.2) is 13.1 Å². The van der Waals surface area contributed by atoms with Crippen molar-refractivity contribution in [3.05, 3.63) is 29.8 Å². The lowest BCUT2D eigenvalue weighted by atomic mass is 9.97. The van der Waals surface area contributed by atoms with Crippen LogP contribution in [0, 0.1) is 0 Å². The lowest BCUT2D eigenvalue weighted by molar-refractivity contribution is -0.133. The van der Waals surface area contributed by atoms with Gasteiger partial charge in [0.1, 0.15) is 0 Å². The Labute approximate surface area is 194 Å². The maximum atomic E-state index is 12.9. The number of amides is 2. The van der Waals surface area contributed by atoms with Crippen molar-refractivity contribution in [3.63, 3.8) is 0 Å². The molecule has 1 fully saturated rings. The number of likely N-dealkylation sites (tertiary alicyclic amines) is 1. The van der Waals surface area contributed by atoms with Crippen molar-refractivity contribution in [3.8, 4) is 0 Å². The van der Waals surface area contributed by atoms with Gasteiger partial charge in [-0.1, -0.05) is 24.5 Å². The maximum absolute atomic E-state index is 12.9. The number of nitrogens with zero attached hydrogens (tertiary/aromatic N) is 1. The number of hydrogen-bond donors (Lipinski definition) is 2. The minimum Gasteiger partial charge on any atom is -0.341 e. The number of allylic oxidation sites excluding steroid dienone is 1. The van der Waals surface area contributed by atoms with Crippen LogP contribution in [0.15, 0.2) is 39.6 Å². The molecule has 3 aliphatic rings. The summed E-state index contributed by atoms with van der Waals surface area (Å²) in [7, 11) is -3.68. The van der Waals surface area contributed by atoms with E-state index in [1.807, 2.05) is 0 Å². The van der Waals surface area contributed by atoms with E-state index in [1.165, 1.54) is 36.2 Å². The van der Waals surface area contributed by atoms with Crippen LogP contribution < -0.4 is 10.0 Å². The molecule has 174 valence electrons. The number of rotatable bonds is 6. The second-order valence-electron chi connectivity index (χ2n) is 8.64. The molecule has 7 nitrogen and oxygen atoms in total. The van der Waals surface area contributed by atoms with Gasteiger partial charge in [-0.05, 0) is 63.1 Å². The predicted molar refractivity (Wildman–Crippen MR) is 126 cm³/mol. The summed E-state index contributed by atoms with van der Waals surface area (Å²) < 4.78 is 28.2. The highest BCUT2D eigenvalue weighted by molar-refractivity contribution is 8.01. The lowest BCUT2D eigenvalue weighted by Crippen LogP contribution is -2.45. The predicted octanol–water partition coefficient (Wildman–Crippen LogP) is 3.67. The molecule has 0 radical (unpaired) electrons. The molecular formula is C23H31N3O4S2. The number of fused-ring (bicyclic) bond motifs is 1. The van der Waals surface area contributed by atoms with Gasteiger partial charge in [0, 0.05) is 24.5 Å². The molecule has 2 N–H and O–H groups in total. The molecule has 0 saturated carbocycles. The third-order valence-corrected chi connectivity index (χ3v) is 8.99. The van der Waals surface area contributed by atoms with Crippen LogP contribution in [0.3, 0.4) is 0 Å². The first kappa shape index (κ1) is 23.3. The molecule has 32 heavy (non-hydrogen) atoms. The van der Waals surface area contributed by atoms with Crippen molar-refractivity contribution >= 4 is 39.3 Å². The number of nitrogens with one attached hydrogen (secondary N) is 2. The van der Waals surface area contributed by atoms with E-state index in [-0.39, 0.29) is 16.7 Å². The van der Waals surface area contributed by atoms with Gasteiger partial charge in [0.2, 0.25) is 21.8 Å². The summed E-state index contributed by atoms with van der Waals surface area (Å²) >= 11 is 1.20. The molecule has 2 amide bonds. The fraction of sp³-hybridized carbons (Fsp3) is 0.565. The van der Waals surface area contributed by atoms with Crippen molar-refractivity contribution < 1.29 is 18.0 Å². The molecule has 1 aromatic carbocycles. The first-order chi connectivity index (χ1) is 15.4. The summed E-state index contributed by atoms with van der Waals surface area (Å²) in [6.07, 6.45) is 11.6. The Balaban J connectivity index is 1.41. The number of benzene rings is 1. The zero-order valence-electron chi connectivity index (χ0n) is 18.3. The summed E-state index contributed by atoms with van der Waals surface area (Å²) in [5.41, 5.74) is 1.76. The Bertz CT molecular complexity index is 998. The van der Waals surface area contributed by atoms with E-state index in [2.05, 4.69) is 16.1 Å². The zero-order chi connectivity index (χ0) is 22.6. The van der Waals surface area contributed by atoms with E-state index in [4.69, 9.17) is 0 Å². The summed E-state index contributed by atoms with van der Waals surface area (Å²) in [5.74, 6) is -0.543. The number of carbonyl (C=O) groups is 2. The van der Waals surface area contributed by atoms with Crippen molar-refractivity contribution in [2.45, 2.75) is 72.8 Å². The SMILES string of the molecule is O=C1Nc2cc(S(=O)(=O)NCCC3=CCCCC3)ccc2S[C@@H]1C(=O)N1CCCCCC1. The Morgan fingerprint density at radius 1 is 1.12 bits per heavy atom. The molecule has 2 aliphatic heterocycles. The molecule has 1 atom stereocenters. The van der Waals surface area contributed by atoms with Gasteiger partial charge in [-0.2, -0.15) is 0 Å². The highest BCUT2D eigenvalue weighted by Gasteiger charge is 2.36. The molecule has 2 heterocycles. The van der Waals surface area contributed by atoms with Crippen LogP contribution >= 0.6 is 11.8 Å². The molecule has 1 aliphatic carbocycles. The fourth-order valence-electron chi connectivity index (χ4n) is 4.44. The molecule has 0 unspecified atom stereocenters. The second-order valence-corrected chi connectivity index (χ2v) is 11.6.